The fourth-order valence-corrected chi connectivity index (χ4v) is 5.33. The molecule has 35 heavy (non-hydrogen) atoms. The van der Waals surface area contributed by atoms with Crippen LogP contribution < -0.4 is 0 Å². The second-order valence-electron chi connectivity index (χ2n) is 9.67. The molecule has 0 amide bonds. The second-order valence-corrected chi connectivity index (χ2v) is 9.67. The van der Waals surface area contributed by atoms with Gasteiger partial charge in [-0.1, -0.05) is 0 Å². The summed E-state index contributed by atoms with van der Waals surface area (Å²) in [6.45, 7) is 0.290. The number of hydrogen-bond acceptors (Lipinski definition) is 14. The molecule has 3 heterocycles. The Hall–Kier alpha value is -0.980. The molecule has 4 aliphatic rings. The molecule has 0 aromatic heterocycles. The van der Waals surface area contributed by atoms with Gasteiger partial charge in [-0.05, 0) is 13.0 Å². The molecule has 1 aliphatic carbocycles. The summed E-state index contributed by atoms with van der Waals surface area (Å²) in [5.74, 6) is -1.37. The van der Waals surface area contributed by atoms with Crippen molar-refractivity contribution < 1.29 is 69.6 Å². The Kier molecular flexibility index (Phi) is 8.05. The van der Waals surface area contributed by atoms with Crippen molar-refractivity contribution in [2.24, 2.45) is 11.8 Å². The van der Waals surface area contributed by atoms with E-state index < -0.39 is 104 Å². The molecule has 2 saturated heterocycles. The Morgan fingerprint density at radius 1 is 0.771 bits per heavy atom. The highest BCUT2D eigenvalue weighted by Gasteiger charge is 2.60. The van der Waals surface area contributed by atoms with Crippen LogP contribution in [0.5, 0.6) is 0 Å². The van der Waals surface area contributed by atoms with Crippen LogP contribution in [0.15, 0.2) is 12.3 Å². The van der Waals surface area contributed by atoms with Crippen molar-refractivity contribution in [2.75, 3.05) is 13.2 Å². The van der Waals surface area contributed by atoms with E-state index in [2.05, 4.69) is 0 Å². The zero-order chi connectivity index (χ0) is 25.7. The molecule has 4 rings (SSSR count). The van der Waals surface area contributed by atoms with Crippen molar-refractivity contribution in [3.05, 3.63) is 12.3 Å². The predicted molar refractivity (Wildman–Crippen MR) is 110 cm³/mol. The van der Waals surface area contributed by atoms with Gasteiger partial charge < -0.3 is 69.6 Å². The van der Waals surface area contributed by atoms with Crippen LogP contribution in [0.2, 0.25) is 0 Å². The van der Waals surface area contributed by atoms with Crippen molar-refractivity contribution in [1.82, 2.24) is 0 Å². The van der Waals surface area contributed by atoms with Crippen LogP contribution in [0.3, 0.4) is 0 Å². The van der Waals surface area contributed by atoms with E-state index in [-0.39, 0.29) is 6.42 Å². The molecule has 9 N–H and O–H groups in total. The van der Waals surface area contributed by atoms with Gasteiger partial charge in [-0.25, -0.2) is 0 Å². The Morgan fingerprint density at radius 3 is 1.89 bits per heavy atom. The molecule has 0 spiro atoms. The van der Waals surface area contributed by atoms with Crippen LogP contribution in [-0.4, -0.2) is 139 Å². The summed E-state index contributed by atoms with van der Waals surface area (Å²) in [7, 11) is 0. The lowest BCUT2D eigenvalue weighted by Crippen LogP contribution is -2.62. The summed E-state index contributed by atoms with van der Waals surface area (Å²) in [4.78, 5) is 0. The molecule has 0 aromatic carbocycles. The molecule has 14 nitrogen and oxygen atoms in total. The smallest absolute Gasteiger partial charge is 0.207 e. The number of hydrogen-bond donors (Lipinski definition) is 9. The van der Waals surface area contributed by atoms with Gasteiger partial charge in [0, 0.05) is 12.3 Å². The first kappa shape index (κ1) is 27.1. The monoisotopic (exact) mass is 510 g/mol. The van der Waals surface area contributed by atoms with Crippen LogP contribution in [0.25, 0.3) is 0 Å². The van der Waals surface area contributed by atoms with Crippen molar-refractivity contribution in [2.45, 2.75) is 92.8 Å². The molecule has 3 fully saturated rings. The maximum Gasteiger partial charge on any atom is 0.207 e. The lowest BCUT2D eigenvalue weighted by molar-refractivity contribution is -0.361. The highest BCUT2D eigenvalue weighted by atomic mass is 16.8. The molecular formula is C21H34O14. The summed E-state index contributed by atoms with van der Waals surface area (Å²) in [5.41, 5.74) is -1.32. The van der Waals surface area contributed by atoms with Gasteiger partial charge in [-0.3, -0.25) is 0 Å². The molecule has 0 aromatic rings. The Bertz CT molecular complexity index is 750. The largest absolute Gasteiger partial charge is 0.472 e. The van der Waals surface area contributed by atoms with Crippen LogP contribution in [0.4, 0.5) is 0 Å². The average molecular weight is 510 g/mol. The second kappa shape index (κ2) is 10.4. The van der Waals surface area contributed by atoms with E-state index in [1.54, 1.807) is 13.0 Å². The first-order valence-corrected chi connectivity index (χ1v) is 11.5. The molecule has 0 radical (unpaired) electrons. The zero-order valence-electron chi connectivity index (χ0n) is 18.9. The fraction of sp³-hybridized carbons (Fsp3) is 0.905. The van der Waals surface area contributed by atoms with Crippen molar-refractivity contribution in [3.63, 3.8) is 0 Å². The lowest BCUT2D eigenvalue weighted by atomic mass is 9.84. The highest BCUT2D eigenvalue weighted by Crippen LogP contribution is 2.50. The third-order valence-corrected chi connectivity index (χ3v) is 7.34. The lowest BCUT2D eigenvalue weighted by Gasteiger charge is -2.47. The third-order valence-electron chi connectivity index (χ3n) is 7.34. The molecule has 3 aliphatic heterocycles. The Morgan fingerprint density at radius 2 is 1.31 bits per heavy atom. The minimum Gasteiger partial charge on any atom is -0.472 e. The van der Waals surface area contributed by atoms with Crippen LogP contribution in [0, 0.1) is 11.8 Å². The minimum atomic E-state index is -1.69. The van der Waals surface area contributed by atoms with Gasteiger partial charge in [0.15, 0.2) is 12.6 Å². The fourth-order valence-electron chi connectivity index (χ4n) is 5.33. The van der Waals surface area contributed by atoms with Gasteiger partial charge in [0.25, 0.3) is 0 Å². The number of aliphatic hydroxyl groups is 9. The van der Waals surface area contributed by atoms with E-state index in [9.17, 15) is 46.0 Å². The summed E-state index contributed by atoms with van der Waals surface area (Å²) in [6.07, 6.45) is -14.6. The highest BCUT2D eigenvalue weighted by molar-refractivity contribution is 5.11. The van der Waals surface area contributed by atoms with Gasteiger partial charge >= 0.3 is 0 Å². The van der Waals surface area contributed by atoms with Crippen molar-refractivity contribution in [1.29, 1.82) is 0 Å². The summed E-state index contributed by atoms with van der Waals surface area (Å²) >= 11 is 0. The van der Waals surface area contributed by atoms with Gasteiger partial charge in [0.2, 0.25) is 6.29 Å². The Balaban J connectivity index is 1.55. The standard InChI is InChI=1S/C21H34O14/c1-21(35-20-17(30)15(28)13(26)10(6-23)33-20)4-8(24)7-2-3-31-18(11(7)21)34-19-16(29)14(27)12(25)9(5-22)32-19/h2-3,7-20,22-30H,4-6H2,1H3/t7-,8+,9+,10+,11+,12+,13-,14-,15-,16+,17+,18-,19-,20+,21-/m0/s1. The number of rotatable bonds is 6. The summed E-state index contributed by atoms with van der Waals surface area (Å²) in [5, 5.41) is 90.6. The maximum atomic E-state index is 10.7. The van der Waals surface area contributed by atoms with Crippen molar-refractivity contribution in [3.8, 4) is 0 Å². The topological polar surface area (TPSA) is 228 Å². The normalized spacial score (nSPS) is 54.3. The van der Waals surface area contributed by atoms with E-state index in [0.29, 0.717) is 0 Å². The first-order valence-electron chi connectivity index (χ1n) is 11.5. The molecule has 15 atom stereocenters. The Labute approximate surface area is 200 Å². The minimum absolute atomic E-state index is 0.0135. The van der Waals surface area contributed by atoms with E-state index >= 15 is 0 Å². The van der Waals surface area contributed by atoms with Gasteiger partial charge in [0.05, 0.1) is 37.1 Å². The van der Waals surface area contributed by atoms with Crippen molar-refractivity contribution >= 4 is 0 Å². The zero-order valence-corrected chi connectivity index (χ0v) is 18.9. The van der Waals surface area contributed by atoms with Gasteiger partial charge in [0.1, 0.15) is 48.8 Å². The predicted octanol–water partition coefficient (Wildman–Crippen LogP) is -4.75. The molecule has 14 heteroatoms. The molecule has 0 bridgehead atoms. The summed E-state index contributed by atoms with van der Waals surface area (Å²) < 4.78 is 28.3. The molecule has 202 valence electrons. The third kappa shape index (κ3) is 4.84. The van der Waals surface area contributed by atoms with E-state index in [1.165, 1.54) is 6.26 Å². The molecular weight excluding hydrogens is 476 g/mol. The van der Waals surface area contributed by atoms with E-state index in [4.69, 9.17) is 23.7 Å². The first-order chi connectivity index (χ1) is 16.5. The van der Waals surface area contributed by atoms with Crippen LogP contribution in [-0.2, 0) is 23.7 Å². The molecule has 1 saturated carbocycles. The quantitative estimate of drug-likeness (QED) is 0.163. The average Bonchev–Trinajstić information content (AvgIpc) is 3.10. The van der Waals surface area contributed by atoms with E-state index in [0.717, 1.165) is 0 Å². The molecule has 0 unspecified atom stereocenters. The maximum absolute atomic E-state index is 10.7. The van der Waals surface area contributed by atoms with E-state index in [1.807, 2.05) is 0 Å². The van der Waals surface area contributed by atoms with Gasteiger partial charge in [-0.2, -0.15) is 0 Å². The SMILES string of the molecule is C[C@]1(O[C@H]2O[C@H](CO)[C@H](O)[C@H](O)[C@H]2O)C[C@@H](O)[C@@H]2C=CO[C@@H](O[C@@H]3O[C@H](CO)[C@@H](O)[C@H](O)[C@H]3O)[C@@H]21. The number of aliphatic hydroxyl groups excluding tert-OH is 9. The van der Waals surface area contributed by atoms with Gasteiger partial charge in [-0.15, -0.1) is 0 Å². The summed E-state index contributed by atoms with van der Waals surface area (Å²) in [6, 6.07) is 0. The number of ether oxygens (including phenoxy) is 5. The van der Waals surface area contributed by atoms with Crippen LogP contribution >= 0.6 is 0 Å². The number of fused-ring (bicyclic) bond motifs is 1. The van der Waals surface area contributed by atoms with Crippen LogP contribution in [0.1, 0.15) is 13.3 Å².